The molecule has 0 aliphatic rings. The zero-order valence-electron chi connectivity index (χ0n) is 6.55. The summed E-state index contributed by atoms with van der Waals surface area (Å²) in [4.78, 5) is 0. The molecule has 0 radical (unpaired) electrons. The van der Waals surface area contributed by atoms with Crippen LogP contribution in [0.15, 0.2) is 0 Å². The summed E-state index contributed by atoms with van der Waals surface area (Å²) in [6, 6.07) is 0. The molecule has 0 aromatic carbocycles. The van der Waals surface area contributed by atoms with Crippen molar-refractivity contribution in [2.75, 3.05) is 12.8 Å². The molecule has 0 aromatic rings. The molecule has 2 nitrogen and oxygen atoms in total. The Kier molecular flexibility index (Phi) is 8.06. The van der Waals surface area contributed by atoms with Crippen molar-refractivity contribution in [3.63, 3.8) is 0 Å². The molecule has 0 N–H and O–H groups in total. The van der Waals surface area contributed by atoms with E-state index < -0.39 is 10.7 Å². The molecular formula is C6H15O2PS. The molecule has 4 heteroatoms. The van der Waals surface area contributed by atoms with Gasteiger partial charge in [0.05, 0.1) is 6.61 Å². The van der Waals surface area contributed by atoms with Crippen LogP contribution in [0, 0.1) is 0 Å². The topological polar surface area (TPSA) is 26.3 Å². The third-order valence-corrected chi connectivity index (χ3v) is 3.78. The van der Waals surface area contributed by atoms with Crippen LogP contribution in [0.25, 0.3) is 0 Å². The number of unbranched alkanes of at least 4 members (excludes halogenated alkanes) is 1. The molecule has 62 valence electrons. The minimum Gasteiger partial charge on any atom is -0.288 e. The van der Waals surface area contributed by atoms with Crippen molar-refractivity contribution < 1.29 is 8.39 Å². The Bertz CT molecular complexity index is 97.7. The third-order valence-electron chi connectivity index (χ3n) is 0.950. The Morgan fingerprint density at radius 3 is 2.70 bits per heavy atom. The molecule has 10 heavy (non-hydrogen) atoms. The van der Waals surface area contributed by atoms with Crippen LogP contribution in [0.3, 0.4) is 0 Å². The first-order valence-electron chi connectivity index (χ1n) is 3.59. The minimum absolute atomic E-state index is 0.450. The summed E-state index contributed by atoms with van der Waals surface area (Å²) in [6.45, 7) is 4.75. The molecule has 0 aromatic heterocycles. The van der Waals surface area contributed by atoms with Crippen LogP contribution in [0.1, 0.15) is 26.7 Å². The molecule has 0 saturated carbocycles. The van der Waals surface area contributed by atoms with E-state index in [4.69, 9.17) is 4.18 Å². The van der Waals surface area contributed by atoms with Crippen LogP contribution < -0.4 is 0 Å². The van der Waals surface area contributed by atoms with Gasteiger partial charge in [-0.15, -0.1) is 0 Å². The summed E-state index contributed by atoms with van der Waals surface area (Å²) in [7, 11) is -0.544. The van der Waals surface area contributed by atoms with Gasteiger partial charge in [0.15, 0.2) is 10.7 Å². The molecular weight excluding hydrogens is 167 g/mol. The first kappa shape index (κ1) is 10.5. The molecule has 0 saturated heterocycles. The van der Waals surface area contributed by atoms with E-state index in [1.165, 1.54) is 0 Å². The Labute approximate surface area is 66.9 Å². The highest BCUT2D eigenvalue weighted by molar-refractivity contribution is 8.37. The van der Waals surface area contributed by atoms with E-state index in [-0.39, 0.29) is 0 Å². The predicted octanol–water partition coefficient (Wildman–Crippen LogP) is 2.08. The van der Waals surface area contributed by atoms with Crippen molar-refractivity contribution in [3.8, 4) is 0 Å². The summed E-state index contributed by atoms with van der Waals surface area (Å²) < 4.78 is 15.8. The molecule has 0 fully saturated rings. The molecule has 0 aliphatic heterocycles. The second-order valence-electron chi connectivity index (χ2n) is 1.91. The zero-order chi connectivity index (χ0) is 7.82. The van der Waals surface area contributed by atoms with Gasteiger partial charge in [0.25, 0.3) is 0 Å². The van der Waals surface area contributed by atoms with Crippen molar-refractivity contribution in [1.29, 1.82) is 0 Å². The van der Waals surface area contributed by atoms with E-state index in [9.17, 15) is 4.21 Å². The maximum absolute atomic E-state index is 10.8. The Morgan fingerprint density at radius 1 is 1.50 bits per heavy atom. The second-order valence-corrected chi connectivity index (χ2v) is 5.48. The first-order chi connectivity index (χ1) is 4.81. The van der Waals surface area contributed by atoms with Crippen molar-refractivity contribution in [1.82, 2.24) is 0 Å². The second kappa shape index (κ2) is 7.64. The minimum atomic E-state index is -0.994. The average molecular weight is 182 g/mol. The lowest BCUT2D eigenvalue weighted by atomic mass is 10.4. The van der Waals surface area contributed by atoms with Crippen molar-refractivity contribution in [2.45, 2.75) is 26.7 Å². The fourth-order valence-electron chi connectivity index (χ4n) is 0.438. The van der Waals surface area contributed by atoms with Gasteiger partial charge in [-0.05, 0) is 12.6 Å². The molecule has 0 rings (SSSR count). The lowest BCUT2D eigenvalue weighted by molar-refractivity contribution is 0.346. The van der Waals surface area contributed by atoms with E-state index in [1.807, 2.05) is 6.92 Å². The van der Waals surface area contributed by atoms with Crippen molar-refractivity contribution in [3.05, 3.63) is 0 Å². The SMILES string of the molecule is CCCCOS(=O)PCC. The van der Waals surface area contributed by atoms with Crippen LogP contribution in [-0.2, 0) is 14.9 Å². The van der Waals surface area contributed by atoms with Gasteiger partial charge in [0, 0.05) is 7.78 Å². The van der Waals surface area contributed by atoms with Gasteiger partial charge < -0.3 is 0 Å². The highest BCUT2D eigenvalue weighted by Gasteiger charge is 1.95. The van der Waals surface area contributed by atoms with E-state index >= 15 is 0 Å². The van der Waals surface area contributed by atoms with Crippen LogP contribution in [0.5, 0.6) is 0 Å². The Balaban J connectivity index is 3.05. The van der Waals surface area contributed by atoms with Gasteiger partial charge in [0.1, 0.15) is 0 Å². The number of hydrogen-bond acceptors (Lipinski definition) is 2. The number of rotatable bonds is 6. The van der Waals surface area contributed by atoms with Crippen LogP contribution in [0.4, 0.5) is 0 Å². The van der Waals surface area contributed by atoms with E-state index in [0.717, 1.165) is 19.0 Å². The van der Waals surface area contributed by atoms with Crippen molar-refractivity contribution >= 4 is 18.5 Å². The van der Waals surface area contributed by atoms with E-state index in [2.05, 4.69) is 6.92 Å². The van der Waals surface area contributed by atoms with E-state index in [0.29, 0.717) is 14.4 Å². The zero-order valence-corrected chi connectivity index (χ0v) is 8.37. The lowest BCUT2D eigenvalue weighted by Gasteiger charge is -1.99. The standard InChI is InChI=1S/C6H15O2PS/c1-3-5-6-8-10(7)9-4-2/h9H,3-6H2,1-2H3. The third kappa shape index (κ3) is 6.66. The molecule has 2 unspecified atom stereocenters. The molecule has 0 aliphatic carbocycles. The van der Waals surface area contributed by atoms with Gasteiger partial charge in [-0.3, -0.25) is 4.18 Å². The molecule has 0 spiro atoms. The average Bonchev–Trinajstić information content (AvgIpc) is 1.89. The van der Waals surface area contributed by atoms with Gasteiger partial charge >= 0.3 is 0 Å². The van der Waals surface area contributed by atoms with Gasteiger partial charge in [-0.2, -0.15) is 0 Å². The lowest BCUT2D eigenvalue weighted by Crippen LogP contribution is -1.93. The van der Waals surface area contributed by atoms with Crippen LogP contribution in [0.2, 0.25) is 0 Å². The maximum atomic E-state index is 10.8. The molecule has 0 bridgehead atoms. The number of hydrogen-bond donors (Lipinski definition) is 0. The summed E-state index contributed by atoms with van der Waals surface area (Å²) in [6.07, 6.45) is 3.07. The van der Waals surface area contributed by atoms with Gasteiger partial charge in [-0.1, -0.05) is 20.3 Å². The molecule has 2 atom stereocenters. The highest BCUT2D eigenvalue weighted by atomic mass is 32.7. The molecule has 0 heterocycles. The fourth-order valence-corrected chi connectivity index (χ4v) is 2.23. The Morgan fingerprint density at radius 2 is 2.20 bits per heavy atom. The smallest absolute Gasteiger partial charge is 0.173 e. The van der Waals surface area contributed by atoms with Gasteiger partial charge in [0.2, 0.25) is 0 Å². The van der Waals surface area contributed by atoms with Crippen LogP contribution >= 0.6 is 7.78 Å². The van der Waals surface area contributed by atoms with Crippen molar-refractivity contribution in [2.24, 2.45) is 0 Å². The van der Waals surface area contributed by atoms with Gasteiger partial charge in [-0.25, -0.2) is 4.21 Å². The Hall–Kier alpha value is 0.540. The first-order valence-corrected chi connectivity index (χ1v) is 6.60. The summed E-state index contributed by atoms with van der Waals surface area (Å²) in [5.41, 5.74) is 0. The molecule has 0 amide bonds. The maximum Gasteiger partial charge on any atom is 0.173 e. The summed E-state index contributed by atoms with van der Waals surface area (Å²) >= 11 is 0. The van der Waals surface area contributed by atoms with Crippen LogP contribution in [-0.4, -0.2) is 17.0 Å². The fraction of sp³-hybridized carbons (Fsp3) is 1.00. The highest BCUT2D eigenvalue weighted by Crippen LogP contribution is 2.16. The normalized spacial score (nSPS) is 14.6. The monoisotopic (exact) mass is 182 g/mol. The quantitative estimate of drug-likeness (QED) is 0.464. The summed E-state index contributed by atoms with van der Waals surface area (Å²) in [5, 5.41) is 0. The summed E-state index contributed by atoms with van der Waals surface area (Å²) in [5.74, 6) is 0. The largest absolute Gasteiger partial charge is 0.288 e. The predicted molar refractivity (Wildman–Crippen MR) is 47.9 cm³/mol. The van der Waals surface area contributed by atoms with E-state index in [1.54, 1.807) is 0 Å².